The Morgan fingerprint density at radius 1 is 1.45 bits per heavy atom. The van der Waals surface area contributed by atoms with Crippen LogP contribution in [0.2, 0.25) is 5.02 Å². The fourth-order valence-electron chi connectivity index (χ4n) is 1.38. The van der Waals surface area contributed by atoms with Crippen LogP contribution in [0.1, 0.15) is 12.5 Å². The van der Waals surface area contributed by atoms with Crippen molar-refractivity contribution in [2.24, 2.45) is 0 Å². The van der Waals surface area contributed by atoms with Crippen molar-refractivity contribution in [2.45, 2.75) is 6.92 Å². The van der Waals surface area contributed by atoms with Crippen molar-refractivity contribution in [3.05, 3.63) is 28.8 Å². The van der Waals surface area contributed by atoms with Crippen molar-refractivity contribution in [1.29, 1.82) is 0 Å². The number of rotatable bonds is 6. The lowest BCUT2D eigenvalue weighted by Crippen LogP contribution is -2.20. The Labute approximate surface area is 124 Å². The summed E-state index contributed by atoms with van der Waals surface area (Å²) in [6.07, 6.45) is 0. The molecule has 110 valence electrons. The maximum Gasteiger partial charge on any atom is 0.235 e. The molecule has 0 atom stereocenters. The quantitative estimate of drug-likeness (QED) is 0.615. The van der Waals surface area contributed by atoms with Crippen LogP contribution in [0.4, 0.5) is 5.69 Å². The van der Waals surface area contributed by atoms with E-state index in [1.807, 2.05) is 0 Å². The van der Waals surface area contributed by atoms with E-state index in [1.54, 1.807) is 19.1 Å². The number of hydrogen-bond acceptors (Lipinski definition) is 4. The molecule has 1 aromatic rings. The highest BCUT2D eigenvalue weighted by atomic mass is 35.5. The Bertz CT molecular complexity index is 605. The normalized spacial score (nSPS) is 10.8. The van der Waals surface area contributed by atoms with E-state index in [1.165, 1.54) is 6.07 Å². The van der Waals surface area contributed by atoms with Crippen LogP contribution in [0.15, 0.2) is 18.2 Å². The number of nitrogens with one attached hydrogen (secondary N) is 1. The molecule has 0 saturated carbocycles. The lowest BCUT2D eigenvalue weighted by Gasteiger charge is -2.10. The van der Waals surface area contributed by atoms with E-state index in [0.29, 0.717) is 17.2 Å². The molecule has 0 saturated heterocycles. The Kier molecular flexibility index (Phi) is 6.82. The van der Waals surface area contributed by atoms with Gasteiger partial charge in [0.1, 0.15) is 6.61 Å². The summed E-state index contributed by atoms with van der Waals surface area (Å²) in [6, 6.07) is 4.66. The van der Waals surface area contributed by atoms with Gasteiger partial charge in [-0.15, -0.1) is 0 Å². The van der Waals surface area contributed by atoms with Crippen LogP contribution >= 0.6 is 11.6 Å². The lowest BCUT2D eigenvalue weighted by molar-refractivity contribution is 0.163. The van der Waals surface area contributed by atoms with Crippen LogP contribution < -0.4 is 4.72 Å². The molecule has 0 spiro atoms. The smallest absolute Gasteiger partial charge is 0.235 e. The highest BCUT2D eigenvalue weighted by Crippen LogP contribution is 2.21. The van der Waals surface area contributed by atoms with E-state index in [0.717, 1.165) is 0 Å². The molecule has 0 fully saturated rings. The summed E-state index contributed by atoms with van der Waals surface area (Å²) in [5.41, 5.74) is 0.735. The molecule has 1 aromatic carbocycles. The van der Waals surface area contributed by atoms with Crippen LogP contribution in [0, 0.1) is 11.8 Å². The number of benzene rings is 1. The molecule has 0 heterocycles. The van der Waals surface area contributed by atoms with E-state index in [9.17, 15) is 8.42 Å². The molecule has 5 nitrogen and oxygen atoms in total. The summed E-state index contributed by atoms with van der Waals surface area (Å²) < 4.78 is 31.2. The van der Waals surface area contributed by atoms with Crippen LogP contribution in [-0.2, 0) is 14.8 Å². The van der Waals surface area contributed by atoms with Crippen LogP contribution in [-0.4, -0.2) is 39.1 Å². The minimum atomic E-state index is -3.54. The van der Waals surface area contributed by atoms with E-state index in [2.05, 4.69) is 16.6 Å². The number of hydrogen-bond donors (Lipinski definition) is 2. The van der Waals surface area contributed by atoms with Gasteiger partial charge in [-0.05, 0) is 25.1 Å². The fourth-order valence-corrected chi connectivity index (χ4v) is 2.49. The number of aliphatic hydroxyl groups is 1. The van der Waals surface area contributed by atoms with Crippen molar-refractivity contribution in [1.82, 2.24) is 0 Å². The summed E-state index contributed by atoms with van der Waals surface area (Å²) in [5.74, 6) is 4.98. The van der Waals surface area contributed by atoms with Crippen LogP contribution in [0.25, 0.3) is 0 Å². The molecule has 0 radical (unpaired) electrons. The Morgan fingerprint density at radius 3 is 2.85 bits per heavy atom. The van der Waals surface area contributed by atoms with E-state index in [-0.39, 0.29) is 24.7 Å². The molecular formula is C13H16ClNO4S. The van der Waals surface area contributed by atoms with Gasteiger partial charge < -0.3 is 9.84 Å². The van der Waals surface area contributed by atoms with Gasteiger partial charge in [-0.2, -0.15) is 0 Å². The van der Waals surface area contributed by atoms with Gasteiger partial charge in [-0.25, -0.2) is 8.42 Å². The Morgan fingerprint density at radius 2 is 2.20 bits per heavy atom. The van der Waals surface area contributed by atoms with Crippen molar-refractivity contribution in [3.63, 3.8) is 0 Å². The van der Waals surface area contributed by atoms with Gasteiger partial charge in [-0.1, -0.05) is 23.4 Å². The van der Waals surface area contributed by atoms with Crippen molar-refractivity contribution < 1.29 is 18.3 Å². The molecule has 0 amide bonds. The second kappa shape index (κ2) is 8.12. The molecule has 0 aromatic heterocycles. The third-order valence-electron chi connectivity index (χ3n) is 2.25. The first-order valence-electron chi connectivity index (χ1n) is 5.96. The highest BCUT2D eigenvalue weighted by molar-refractivity contribution is 7.92. The average Bonchev–Trinajstić information content (AvgIpc) is 2.37. The van der Waals surface area contributed by atoms with Gasteiger partial charge in [0.25, 0.3) is 0 Å². The molecule has 1 rings (SSSR count). The summed E-state index contributed by atoms with van der Waals surface area (Å²) >= 11 is 5.85. The number of ether oxygens (including phenoxy) is 1. The monoisotopic (exact) mass is 317 g/mol. The zero-order valence-electron chi connectivity index (χ0n) is 11.0. The lowest BCUT2D eigenvalue weighted by atomic mass is 10.2. The van der Waals surface area contributed by atoms with Crippen molar-refractivity contribution in [2.75, 3.05) is 30.3 Å². The number of aliphatic hydroxyl groups excluding tert-OH is 1. The average molecular weight is 318 g/mol. The molecule has 2 N–H and O–H groups in total. The third-order valence-corrected chi connectivity index (χ3v) is 3.72. The number of sulfonamides is 1. The van der Waals surface area contributed by atoms with Crippen molar-refractivity contribution >= 4 is 27.3 Å². The molecule has 20 heavy (non-hydrogen) atoms. The van der Waals surface area contributed by atoms with Crippen molar-refractivity contribution in [3.8, 4) is 11.8 Å². The molecule has 0 unspecified atom stereocenters. The molecule has 0 aliphatic rings. The maximum absolute atomic E-state index is 11.9. The summed E-state index contributed by atoms with van der Waals surface area (Å²) in [6.45, 7) is 2.06. The second-order valence-electron chi connectivity index (χ2n) is 3.77. The summed E-state index contributed by atoms with van der Waals surface area (Å²) in [7, 11) is -3.54. The summed E-state index contributed by atoms with van der Waals surface area (Å²) in [5, 5.41) is 9.08. The first-order chi connectivity index (χ1) is 9.48. The second-order valence-corrected chi connectivity index (χ2v) is 6.05. The van der Waals surface area contributed by atoms with Crippen LogP contribution in [0.5, 0.6) is 0 Å². The zero-order valence-corrected chi connectivity index (χ0v) is 12.6. The van der Waals surface area contributed by atoms with E-state index >= 15 is 0 Å². The Balaban J connectivity index is 2.92. The maximum atomic E-state index is 11.9. The van der Waals surface area contributed by atoms with Gasteiger partial charge in [-0.3, -0.25) is 4.72 Å². The minimum absolute atomic E-state index is 0.115. The topological polar surface area (TPSA) is 75.6 Å². The number of halogens is 1. The molecule has 0 aliphatic carbocycles. The molecule has 0 bridgehead atoms. The van der Waals surface area contributed by atoms with Gasteiger partial charge in [0, 0.05) is 17.2 Å². The molecular weight excluding hydrogens is 302 g/mol. The van der Waals surface area contributed by atoms with Gasteiger partial charge in [0.05, 0.1) is 18.0 Å². The van der Waals surface area contributed by atoms with E-state index < -0.39 is 10.0 Å². The summed E-state index contributed by atoms with van der Waals surface area (Å²) in [4.78, 5) is 0. The van der Waals surface area contributed by atoms with Gasteiger partial charge >= 0.3 is 0 Å². The predicted octanol–water partition coefficient (Wildman–Crippen LogP) is 1.46. The van der Waals surface area contributed by atoms with Crippen LogP contribution in [0.3, 0.4) is 0 Å². The molecule has 0 aliphatic heterocycles. The van der Waals surface area contributed by atoms with Gasteiger partial charge in [0.2, 0.25) is 10.0 Å². The standard InChI is InChI=1S/C13H16ClNO4S/c1-2-19-8-9-20(17,18)15-13-10-12(14)6-5-11(13)4-3-7-16/h5-6,10,15-16H,2,7-9H2,1H3. The minimum Gasteiger partial charge on any atom is -0.384 e. The Hall–Kier alpha value is -1.26. The first-order valence-corrected chi connectivity index (χ1v) is 7.99. The largest absolute Gasteiger partial charge is 0.384 e. The van der Waals surface area contributed by atoms with E-state index in [4.69, 9.17) is 21.4 Å². The zero-order chi connectivity index (χ0) is 15.0. The highest BCUT2D eigenvalue weighted by Gasteiger charge is 2.12. The van der Waals surface area contributed by atoms with Gasteiger partial charge in [0.15, 0.2) is 0 Å². The first kappa shape index (κ1) is 16.8. The molecule has 7 heteroatoms. The predicted molar refractivity (Wildman–Crippen MR) is 79.3 cm³/mol. The SMILES string of the molecule is CCOCCS(=O)(=O)Nc1cc(Cl)ccc1C#CCO. The number of anilines is 1. The third kappa shape index (κ3) is 5.80. The fraction of sp³-hybridized carbons (Fsp3) is 0.385.